The largest absolute Gasteiger partial charge is 0.507 e. The molecule has 0 heterocycles. The number of rotatable bonds is 4. The molecule has 0 bridgehead atoms. The molecule has 4 rings (SSSR count). The molecule has 6 N–H and O–H groups in total. The second kappa shape index (κ2) is 8.47. The summed E-state index contributed by atoms with van der Waals surface area (Å²) in [5.74, 6) is -7.58. The third-order valence-corrected chi connectivity index (χ3v) is 7.69. The van der Waals surface area contributed by atoms with Gasteiger partial charge in [0, 0.05) is 17.5 Å². The van der Waals surface area contributed by atoms with Gasteiger partial charge in [-0.25, -0.2) is 0 Å². The standard InChI is InChI=1S/C25H30N2O8/c1-10(9-35-4)12-5-6-15(28)17-13(12)7-11-8-14-19(27(2)3)21(30)18(24(26)33)23(32)25(14,34)22(31)16(11)20(17)29/h5-6,9,11,14,18-19,21,28-30,34H,7-8H2,1-4H3,(H2,26,33)/b10-9-/t11-,14-,18?,19-,21?,25-/m1/s1. The molecular weight excluding hydrogens is 456 g/mol. The summed E-state index contributed by atoms with van der Waals surface area (Å²) in [5, 5.41) is 44.3. The summed E-state index contributed by atoms with van der Waals surface area (Å²) < 4.78 is 5.11. The molecule has 6 atom stereocenters. The van der Waals surface area contributed by atoms with Crippen LogP contribution in [0.4, 0.5) is 0 Å². The van der Waals surface area contributed by atoms with Crippen molar-refractivity contribution in [1.29, 1.82) is 0 Å². The van der Waals surface area contributed by atoms with Crippen LogP contribution in [0, 0.1) is 17.8 Å². The number of ether oxygens (including phenoxy) is 1. The van der Waals surface area contributed by atoms with Crippen LogP contribution < -0.4 is 5.73 Å². The number of phenolic OH excluding ortho intramolecular Hbond substituents is 1. The van der Waals surface area contributed by atoms with Gasteiger partial charge in [-0.1, -0.05) is 6.07 Å². The van der Waals surface area contributed by atoms with Gasteiger partial charge < -0.3 is 35.8 Å². The molecule has 0 aliphatic heterocycles. The van der Waals surface area contributed by atoms with Crippen LogP contribution >= 0.6 is 0 Å². The van der Waals surface area contributed by atoms with Gasteiger partial charge in [-0.2, -0.15) is 0 Å². The zero-order chi connectivity index (χ0) is 26.0. The molecule has 10 nitrogen and oxygen atoms in total. The Hall–Kier alpha value is -3.21. The average molecular weight is 487 g/mol. The van der Waals surface area contributed by atoms with Crippen LogP contribution in [0.2, 0.25) is 0 Å². The van der Waals surface area contributed by atoms with Crippen LogP contribution in [-0.2, 0) is 25.5 Å². The van der Waals surface area contributed by atoms with Crippen LogP contribution in [0.25, 0.3) is 11.3 Å². The Morgan fingerprint density at radius 2 is 1.91 bits per heavy atom. The van der Waals surface area contributed by atoms with Crippen LogP contribution in [0.15, 0.2) is 24.0 Å². The predicted molar refractivity (Wildman–Crippen MR) is 125 cm³/mol. The van der Waals surface area contributed by atoms with Gasteiger partial charge in [0.2, 0.25) is 11.7 Å². The minimum Gasteiger partial charge on any atom is -0.507 e. The quantitative estimate of drug-likeness (QED) is 0.293. The molecule has 3 aliphatic carbocycles. The smallest absolute Gasteiger partial charge is 0.230 e. The summed E-state index contributed by atoms with van der Waals surface area (Å²) in [6.45, 7) is 1.80. The number of carbonyl (C=O) groups excluding carboxylic acids is 3. The number of aliphatic hydroxyl groups excluding tert-OH is 2. The lowest BCUT2D eigenvalue weighted by Crippen LogP contribution is -2.73. The Kier molecular flexibility index (Phi) is 6.03. The Bertz CT molecular complexity index is 1190. The third kappa shape index (κ3) is 3.39. The number of ketones is 2. The molecule has 1 amide bonds. The summed E-state index contributed by atoms with van der Waals surface area (Å²) in [5.41, 5.74) is 4.62. The van der Waals surface area contributed by atoms with E-state index in [-0.39, 0.29) is 29.7 Å². The van der Waals surface area contributed by atoms with Crippen LogP contribution in [-0.4, -0.2) is 81.8 Å². The van der Waals surface area contributed by atoms with E-state index in [4.69, 9.17) is 10.5 Å². The number of allylic oxidation sites excluding steroid dienone is 1. The highest BCUT2D eigenvalue weighted by atomic mass is 16.5. The number of hydrogen-bond donors (Lipinski definition) is 5. The maximum atomic E-state index is 13.8. The van der Waals surface area contributed by atoms with Gasteiger partial charge >= 0.3 is 0 Å². The number of nitrogens with two attached hydrogens (primary N) is 1. The van der Waals surface area contributed by atoms with Gasteiger partial charge in [-0.3, -0.25) is 14.4 Å². The van der Waals surface area contributed by atoms with E-state index in [9.17, 15) is 34.8 Å². The number of primary amides is 1. The predicted octanol–water partition coefficient (Wildman–Crippen LogP) is 0.136. The number of carbonyl (C=O) groups is 3. The van der Waals surface area contributed by atoms with Crippen LogP contribution in [0.1, 0.15) is 30.0 Å². The van der Waals surface area contributed by atoms with E-state index in [1.165, 1.54) is 19.4 Å². The van der Waals surface area contributed by atoms with Gasteiger partial charge in [-0.15, -0.1) is 0 Å². The summed E-state index contributed by atoms with van der Waals surface area (Å²) >= 11 is 0. The number of Topliss-reactive ketones (excluding diaryl/α,β-unsaturated/α-hetero) is 2. The zero-order valence-electron chi connectivity index (χ0n) is 20.0. The average Bonchev–Trinajstić information content (AvgIpc) is 2.76. The molecule has 0 aromatic heterocycles. The lowest BCUT2D eigenvalue weighted by atomic mass is 9.54. The van der Waals surface area contributed by atoms with Crippen molar-refractivity contribution in [2.45, 2.75) is 37.5 Å². The van der Waals surface area contributed by atoms with E-state index >= 15 is 0 Å². The Labute approximate surface area is 202 Å². The molecule has 35 heavy (non-hydrogen) atoms. The number of aliphatic hydroxyl groups is 3. The first-order valence-electron chi connectivity index (χ1n) is 11.3. The molecule has 1 aromatic rings. The summed E-state index contributed by atoms with van der Waals surface area (Å²) in [4.78, 5) is 40.7. The molecule has 2 fully saturated rings. The monoisotopic (exact) mass is 486 g/mol. The molecule has 0 radical (unpaired) electrons. The molecule has 0 saturated heterocycles. The molecule has 188 valence electrons. The van der Waals surface area contributed by atoms with Crippen molar-refractivity contribution in [3.8, 4) is 5.75 Å². The first kappa shape index (κ1) is 24.9. The van der Waals surface area contributed by atoms with E-state index < -0.39 is 58.7 Å². The van der Waals surface area contributed by atoms with Crippen molar-refractivity contribution in [2.24, 2.45) is 23.5 Å². The van der Waals surface area contributed by atoms with Gasteiger partial charge in [0.25, 0.3) is 0 Å². The highest BCUT2D eigenvalue weighted by molar-refractivity contribution is 6.25. The highest BCUT2D eigenvalue weighted by Crippen LogP contribution is 2.52. The molecule has 0 spiro atoms. The van der Waals surface area contributed by atoms with Crippen molar-refractivity contribution in [3.63, 3.8) is 0 Å². The number of aromatic hydroxyl groups is 1. The SMILES string of the molecule is CO/C=C(/C)c1ccc(O)c2c1C[C@@H]1C[C@@H]3[C@@H](N(C)C)C(O)C(C(N)=O)C(=O)[C@]3(O)C(=O)C1=C2O. The molecule has 10 heteroatoms. The first-order valence-corrected chi connectivity index (χ1v) is 11.3. The van der Waals surface area contributed by atoms with Gasteiger partial charge in [-0.05, 0) is 62.5 Å². The van der Waals surface area contributed by atoms with Gasteiger partial charge in [0.1, 0.15) is 17.4 Å². The van der Waals surface area contributed by atoms with Gasteiger partial charge in [0.15, 0.2) is 11.4 Å². The lowest BCUT2D eigenvalue weighted by Gasteiger charge is -2.53. The Morgan fingerprint density at radius 3 is 2.49 bits per heavy atom. The van der Waals surface area contributed by atoms with E-state index in [0.29, 0.717) is 11.1 Å². The number of nitrogens with zero attached hydrogens (tertiary/aromatic N) is 1. The normalized spacial score (nSPS) is 32.8. The number of hydrogen-bond acceptors (Lipinski definition) is 9. The van der Waals surface area contributed by atoms with Crippen LogP contribution in [0.5, 0.6) is 5.75 Å². The van der Waals surface area contributed by atoms with Crippen molar-refractivity contribution >= 4 is 28.8 Å². The summed E-state index contributed by atoms with van der Waals surface area (Å²) in [7, 11) is 4.72. The second-order valence-electron chi connectivity index (χ2n) is 9.81. The van der Waals surface area contributed by atoms with Crippen molar-refractivity contribution in [1.82, 2.24) is 4.90 Å². The van der Waals surface area contributed by atoms with Crippen LogP contribution in [0.3, 0.4) is 0 Å². The molecule has 2 saturated carbocycles. The fourth-order valence-corrected chi connectivity index (χ4v) is 6.21. The van der Waals surface area contributed by atoms with Crippen molar-refractivity contribution in [2.75, 3.05) is 21.2 Å². The number of benzene rings is 1. The Balaban J connectivity index is 1.94. The topological polar surface area (TPSA) is 171 Å². The first-order chi connectivity index (χ1) is 16.4. The second-order valence-corrected chi connectivity index (χ2v) is 9.81. The number of phenols is 1. The van der Waals surface area contributed by atoms with Crippen molar-refractivity contribution < 1.29 is 39.5 Å². The minimum atomic E-state index is -2.66. The fourth-order valence-electron chi connectivity index (χ4n) is 6.21. The zero-order valence-corrected chi connectivity index (χ0v) is 20.0. The van der Waals surface area contributed by atoms with E-state index in [0.717, 1.165) is 5.57 Å². The molecule has 1 aromatic carbocycles. The number of methoxy groups -OCH3 is 1. The number of amides is 1. The van der Waals surface area contributed by atoms with Gasteiger partial charge in [0.05, 0.1) is 25.0 Å². The van der Waals surface area contributed by atoms with Crippen molar-refractivity contribution in [3.05, 3.63) is 40.7 Å². The van der Waals surface area contributed by atoms with E-state index in [1.807, 2.05) is 0 Å². The summed E-state index contributed by atoms with van der Waals surface area (Å²) in [6.07, 6.45) is 0.306. The lowest BCUT2D eigenvalue weighted by molar-refractivity contribution is -0.184. The fraction of sp³-hybridized carbons (Fsp3) is 0.480. The maximum Gasteiger partial charge on any atom is 0.230 e. The highest BCUT2D eigenvalue weighted by Gasteiger charge is 2.67. The van der Waals surface area contributed by atoms with E-state index in [2.05, 4.69) is 0 Å². The summed E-state index contributed by atoms with van der Waals surface area (Å²) in [6, 6.07) is 2.14. The van der Waals surface area contributed by atoms with E-state index in [1.54, 1.807) is 32.0 Å². The minimum absolute atomic E-state index is 0.0481. The third-order valence-electron chi connectivity index (χ3n) is 7.69. The molecule has 2 unspecified atom stereocenters. The number of fused-ring (bicyclic) bond motifs is 3. The Morgan fingerprint density at radius 1 is 1.26 bits per heavy atom. The maximum absolute atomic E-state index is 13.8. The molecule has 3 aliphatic rings. The number of likely N-dealkylation sites (N-methyl/N-ethyl adjacent to an activating group) is 1. The molecular formula is C25H30N2O8.